The van der Waals surface area contributed by atoms with Gasteiger partial charge in [-0.15, -0.1) is 0 Å². The molecule has 0 rings (SSSR count). The summed E-state index contributed by atoms with van der Waals surface area (Å²) in [4.78, 5) is 22.5. The van der Waals surface area contributed by atoms with Crippen LogP contribution in [0.1, 0.15) is 57.8 Å². The Bertz CT molecular complexity index is 246. The minimum Gasteiger partial charge on any atom is -0.396 e. The van der Waals surface area contributed by atoms with Crippen molar-refractivity contribution in [2.24, 2.45) is 0 Å². The van der Waals surface area contributed by atoms with E-state index < -0.39 is 0 Å². The SMILES string of the molecule is O=C(CCCO)NCCCCCCCNC(=O)CCCO. The number of carbonyl (C=O) groups excluding carboxylic acids is 2. The average Bonchev–Trinajstić information content (AvgIpc) is 2.49. The Morgan fingerprint density at radius 2 is 1.00 bits per heavy atom. The highest BCUT2D eigenvalue weighted by atomic mass is 16.3. The van der Waals surface area contributed by atoms with Gasteiger partial charge < -0.3 is 20.8 Å². The normalized spacial score (nSPS) is 10.4. The van der Waals surface area contributed by atoms with Crippen molar-refractivity contribution >= 4 is 11.8 Å². The molecule has 0 unspecified atom stereocenters. The molecule has 0 saturated carbocycles. The number of amides is 2. The number of unbranched alkanes of at least 4 members (excludes halogenated alkanes) is 4. The van der Waals surface area contributed by atoms with Gasteiger partial charge in [-0.25, -0.2) is 0 Å². The number of nitrogens with one attached hydrogen (secondary N) is 2. The molecule has 0 fully saturated rings. The van der Waals surface area contributed by atoms with E-state index in [1.54, 1.807) is 0 Å². The van der Waals surface area contributed by atoms with Gasteiger partial charge in [0.2, 0.25) is 11.8 Å². The maximum absolute atomic E-state index is 11.2. The molecule has 6 heteroatoms. The number of aliphatic hydroxyl groups excluding tert-OH is 2. The molecule has 0 aliphatic heterocycles. The number of hydrogen-bond donors (Lipinski definition) is 4. The molecule has 6 nitrogen and oxygen atoms in total. The van der Waals surface area contributed by atoms with E-state index in [0.717, 1.165) is 32.1 Å². The molecular formula is C15H30N2O4. The molecule has 0 heterocycles. The first kappa shape index (κ1) is 19.9. The molecule has 21 heavy (non-hydrogen) atoms. The van der Waals surface area contributed by atoms with Crippen molar-refractivity contribution < 1.29 is 19.8 Å². The maximum atomic E-state index is 11.2. The zero-order chi connectivity index (χ0) is 15.8. The van der Waals surface area contributed by atoms with Crippen LogP contribution < -0.4 is 10.6 Å². The van der Waals surface area contributed by atoms with Crippen molar-refractivity contribution in [2.45, 2.75) is 57.8 Å². The monoisotopic (exact) mass is 302 g/mol. The number of hydrogen-bond acceptors (Lipinski definition) is 4. The first-order chi connectivity index (χ1) is 10.2. The number of rotatable bonds is 14. The third-order valence-electron chi connectivity index (χ3n) is 3.12. The second-order valence-corrected chi connectivity index (χ2v) is 5.12. The number of carbonyl (C=O) groups is 2. The van der Waals surface area contributed by atoms with Crippen LogP contribution >= 0.6 is 0 Å². The van der Waals surface area contributed by atoms with Crippen LogP contribution in [0.15, 0.2) is 0 Å². The summed E-state index contributed by atoms with van der Waals surface area (Å²) < 4.78 is 0. The van der Waals surface area contributed by atoms with Crippen molar-refractivity contribution in [2.75, 3.05) is 26.3 Å². The average molecular weight is 302 g/mol. The van der Waals surface area contributed by atoms with Gasteiger partial charge in [-0.2, -0.15) is 0 Å². The van der Waals surface area contributed by atoms with Gasteiger partial charge in [0, 0.05) is 39.1 Å². The fourth-order valence-electron chi connectivity index (χ4n) is 1.89. The molecule has 0 saturated heterocycles. The van der Waals surface area contributed by atoms with Crippen molar-refractivity contribution in [1.29, 1.82) is 0 Å². The predicted octanol–water partition coefficient (Wildman–Crippen LogP) is 0.714. The largest absolute Gasteiger partial charge is 0.396 e. The highest BCUT2D eigenvalue weighted by Gasteiger charge is 2.00. The van der Waals surface area contributed by atoms with Crippen LogP contribution in [-0.4, -0.2) is 48.3 Å². The number of aliphatic hydroxyl groups is 2. The van der Waals surface area contributed by atoms with E-state index in [9.17, 15) is 9.59 Å². The van der Waals surface area contributed by atoms with Gasteiger partial charge in [-0.3, -0.25) is 9.59 Å². The standard InChI is InChI=1S/C15H30N2O4/c18-12-6-8-14(20)16-10-4-2-1-3-5-11-17-15(21)9-7-13-19/h18-19H,1-13H2,(H,16,20)(H,17,21). The lowest BCUT2D eigenvalue weighted by atomic mass is 10.1. The van der Waals surface area contributed by atoms with E-state index in [-0.39, 0.29) is 25.0 Å². The fourth-order valence-corrected chi connectivity index (χ4v) is 1.89. The van der Waals surface area contributed by atoms with Crippen LogP contribution in [0.4, 0.5) is 0 Å². The second kappa shape index (κ2) is 15.3. The van der Waals surface area contributed by atoms with E-state index in [4.69, 9.17) is 10.2 Å². The van der Waals surface area contributed by atoms with E-state index in [1.165, 1.54) is 0 Å². The highest BCUT2D eigenvalue weighted by molar-refractivity contribution is 5.76. The van der Waals surface area contributed by atoms with Crippen LogP contribution in [0.5, 0.6) is 0 Å². The third kappa shape index (κ3) is 15.1. The zero-order valence-electron chi connectivity index (χ0n) is 12.9. The molecule has 0 aliphatic rings. The van der Waals surface area contributed by atoms with Crippen LogP contribution in [0.3, 0.4) is 0 Å². The fraction of sp³-hybridized carbons (Fsp3) is 0.867. The summed E-state index contributed by atoms with van der Waals surface area (Å²) in [5.41, 5.74) is 0. The van der Waals surface area contributed by atoms with Gasteiger partial charge >= 0.3 is 0 Å². The van der Waals surface area contributed by atoms with Crippen LogP contribution in [-0.2, 0) is 9.59 Å². The first-order valence-electron chi connectivity index (χ1n) is 7.95. The van der Waals surface area contributed by atoms with Gasteiger partial charge in [-0.1, -0.05) is 19.3 Å². The Morgan fingerprint density at radius 3 is 1.38 bits per heavy atom. The molecule has 0 spiro atoms. The van der Waals surface area contributed by atoms with Gasteiger partial charge in [0.05, 0.1) is 0 Å². The molecule has 0 aromatic rings. The van der Waals surface area contributed by atoms with Crippen LogP contribution in [0, 0.1) is 0 Å². The van der Waals surface area contributed by atoms with Crippen LogP contribution in [0.25, 0.3) is 0 Å². The Kier molecular flexibility index (Phi) is 14.4. The van der Waals surface area contributed by atoms with Crippen molar-refractivity contribution in [3.63, 3.8) is 0 Å². The molecule has 0 bridgehead atoms. The van der Waals surface area contributed by atoms with Crippen LogP contribution in [0.2, 0.25) is 0 Å². The lowest BCUT2D eigenvalue weighted by Gasteiger charge is -2.06. The van der Waals surface area contributed by atoms with Crippen molar-refractivity contribution in [1.82, 2.24) is 10.6 Å². The molecule has 0 aliphatic carbocycles. The van der Waals surface area contributed by atoms with Crippen molar-refractivity contribution in [3.05, 3.63) is 0 Å². The topological polar surface area (TPSA) is 98.7 Å². The van der Waals surface area contributed by atoms with E-state index in [0.29, 0.717) is 38.8 Å². The minimum absolute atomic E-state index is 0.00893. The van der Waals surface area contributed by atoms with E-state index in [1.807, 2.05) is 0 Å². The van der Waals surface area contributed by atoms with Gasteiger partial charge in [0.25, 0.3) is 0 Å². The second-order valence-electron chi connectivity index (χ2n) is 5.12. The quantitative estimate of drug-likeness (QED) is 0.355. The molecule has 124 valence electrons. The van der Waals surface area contributed by atoms with E-state index >= 15 is 0 Å². The summed E-state index contributed by atoms with van der Waals surface area (Å²) >= 11 is 0. The molecular weight excluding hydrogens is 272 g/mol. The minimum atomic E-state index is 0.00893. The Morgan fingerprint density at radius 1 is 0.619 bits per heavy atom. The Labute approximate surface area is 127 Å². The molecule has 4 N–H and O–H groups in total. The van der Waals surface area contributed by atoms with Gasteiger partial charge in [0.1, 0.15) is 0 Å². The summed E-state index contributed by atoms with van der Waals surface area (Å²) in [5, 5.41) is 22.8. The predicted molar refractivity (Wildman–Crippen MR) is 81.7 cm³/mol. The summed E-state index contributed by atoms with van der Waals surface area (Å²) in [6, 6.07) is 0. The smallest absolute Gasteiger partial charge is 0.220 e. The Balaban J connectivity index is 3.19. The van der Waals surface area contributed by atoms with Crippen molar-refractivity contribution in [3.8, 4) is 0 Å². The third-order valence-corrected chi connectivity index (χ3v) is 3.12. The molecule has 0 aromatic carbocycles. The summed E-state index contributed by atoms with van der Waals surface area (Å²) in [6.07, 6.45) is 7.00. The summed E-state index contributed by atoms with van der Waals surface area (Å²) in [7, 11) is 0. The summed E-state index contributed by atoms with van der Waals surface area (Å²) in [6.45, 7) is 1.51. The van der Waals surface area contributed by atoms with E-state index in [2.05, 4.69) is 10.6 Å². The molecule has 0 radical (unpaired) electrons. The summed E-state index contributed by atoms with van der Waals surface area (Å²) in [5.74, 6) is 0.0179. The Hall–Kier alpha value is -1.14. The highest BCUT2D eigenvalue weighted by Crippen LogP contribution is 2.02. The molecule has 0 aromatic heterocycles. The lowest BCUT2D eigenvalue weighted by Crippen LogP contribution is -2.24. The molecule has 2 amide bonds. The van der Waals surface area contributed by atoms with Gasteiger partial charge in [0.15, 0.2) is 0 Å². The zero-order valence-corrected chi connectivity index (χ0v) is 12.9. The maximum Gasteiger partial charge on any atom is 0.220 e. The van der Waals surface area contributed by atoms with Gasteiger partial charge in [-0.05, 0) is 25.7 Å². The lowest BCUT2D eigenvalue weighted by molar-refractivity contribution is -0.122. The molecule has 0 atom stereocenters. The first-order valence-corrected chi connectivity index (χ1v) is 7.95.